The van der Waals surface area contributed by atoms with Crippen molar-refractivity contribution in [3.8, 4) is 0 Å². The number of alkyl halides is 3. The highest BCUT2D eigenvalue weighted by atomic mass is 19.4. The van der Waals surface area contributed by atoms with Crippen LogP contribution in [0.2, 0.25) is 0 Å². The summed E-state index contributed by atoms with van der Waals surface area (Å²) in [6, 6.07) is 1.85. The molecule has 118 valence electrons. The SMILES string of the molecule is CCNc1cc(C(F)(F)F)cc(NC(C)(C)CC(N)=O)n1. The normalized spacial score (nSPS) is 12.1. The van der Waals surface area contributed by atoms with Crippen LogP contribution in [0.4, 0.5) is 24.8 Å². The van der Waals surface area contributed by atoms with Crippen LogP contribution in [0.5, 0.6) is 0 Å². The lowest BCUT2D eigenvalue weighted by atomic mass is 10.0. The number of hydrogen-bond acceptors (Lipinski definition) is 4. The fourth-order valence-corrected chi connectivity index (χ4v) is 1.86. The van der Waals surface area contributed by atoms with Gasteiger partial charge < -0.3 is 16.4 Å². The Morgan fingerprint density at radius 2 is 1.86 bits per heavy atom. The molecule has 0 radical (unpaired) electrons. The second kappa shape index (κ2) is 6.19. The minimum absolute atomic E-state index is 0.0263. The van der Waals surface area contributed by atoms with Gasteiger partial charge in [-0.2, -0.15) is 13.2 Å². The van der Waals surface area contributed by atoms with E-state index in [1.807, 2.05) is 0 Å². The molecule has 0 aliphatic carbocycles. The van der Waals surface area contributed by atoms with Gasteiger partial charge in [0.25, 0.3) is 0 Å². The van der Waals surface area contributed by atoms with Crippen LogP contribution in [0.3, 0.4) is 0 Å². The van der Waals surface area contributed by atoms with Crippen molar-refractivity contribution < 1.29 is 18.0 Å². The van der Waals surface area contributed by atoms with Gasteiger partial charge in [0.05, 0.1) is 5.56 Å². The quantitative estimate of drug-likeness (QED) is 0.754. The Hall–Kier alpha value is -1.99. The molecule has 21 heavy (non-hydrogen) atoms. The highest BCUT2D eigenvalue weighted by Gasteiger charge is 2.32. The zero-order chi connectivity index (χ0) is 16.3. The summed E-state index contributed by atoms with van der Waals surface area (Å²) in [5.74, 6) is -0.400. The van der Waals surface area contributed by atoms with Crippen LogP contribution in [-0.4, -0.2) is 23.0 Å². The molecule has 0 saturated carbocycles. The molecule has 1 aromatic rings. The number of hydrogen-bond donors (Lipinski definition) is 3. The molecular weight excluding hydrogens is 285 g/mol. The first kappa shape index (κ1) is 17.1. The van der Waals surface area contributed by atoms with Gasteiger partial charge in [-0.15, -0.1) is 0 Å². The number of primary amides is 1. The maximum atomic E-state index is 12.9. The van der Waals surface area contributed by atoms with E-state index in [-0.39, 0.29) is 18.1 Å². The summed E-state index contributed by atoms with van der Waals surface area (Å²) in [4.78, 5) is 15.0. The van der Waals surface area contributed by atoms with E-state index in [0.29, 0.717) is 6.54 Å². The molecule has 0 unspecified atom stereocenters. The van der Waals surface area contributed by atoms with Crippen LogP contribution in [0.25, 0.3) is 0 Å². The third-order valence-corrected chi connectivity index (χ3v) is 2.59. The summed E-state index contributed by atoms with van der Waals surface area (Å²) in [5.41, 5.74) is 3.50. The van der Waals surface area contributed by atoms with E-state index in [0.717, 1.165) is 12.1 Å². The van der Waals surface area contributed by atoms with Crippen molar-refractivity contribution in [3.05, 3.63) is 17.7 Å². The first-order valence-corrected chi connectivity index (χ1v) is 6.43. The zero-order valence-electron chi connectivity index (χ0n) is 12.1. The number of nitrogens with zero attached hydrogens (tertiary/aromatic N) is 1. The average Bonchev–Trinajstić information content (AvgIpc) is 2.24. The predicted molar refractivity (Wildman–Crippen MR) is 74.9 cm³/mol. The van der Waals surface area contributed by atoms with E-state index in [4.69, 9.17) is 5.73 Å². The Bertz CT molecular complexity index is 515. The van der Waals surface area contributed by atoms with Gasteiger partial charge in [0.2, 0.25) is 5.91 Å². The Kier molecular flexibility index (Phi) is 5.03. The number of aromatic nitrogens is 1. The van der Waals surface area contributed by atoms with Gasteiger partial charge in [0.15, 0.2) is 0 Å². The van der Waals surface area contributed by atoms with Gasteiger partial charge in [-0.3, -0.25) is 4.79 Å². The molecular formula is C13H19F3N4O. The molecule has 1 aromatic heterocycles. The van der Waals surface area contributed by atoms with E-state index in [2.05, 4.69) is 15.6 Å². The Balaban J connectivity index is 3.11. The summed E-state index contributed by atoms with van der Waals surface area (Å²) in [5, 5.41) is 5.55. The molecule has 1 rings (SSSR count). The lowest BCUT2D eigenvalue weighted by Gasteiger charge is -2.26. The maximum absolute atomic E-state index is 12.9. The lowest BCUT2D eigenvalue weighted by Crippen LogP contribution is -2.36. The molecule has 0 saturated heterocycles. The minimum Gasteiger partial charge on any atom is -0.370 e. The van der Waals surface area contributed by atoms with Gasteiger partial charge in [-0.05, 0) is 32.9 Å². The van der Waals surface area contributed by atoms with Crippen molar-refractivity contribution in [2.75, 3.05) is 17.2 Å². The molecule has 4 N–H and O–H groups in total. The van der Waals surface area contributed by atoms with Crippen LogP contribution < -0.4 is 16.4 Å². The molecule has 1 amide bonds. The topological polar surface area (TPSA) is 80.0 Å². The van der Waals surface area contributed by atoms with E-state index in [1.165, 1.54) is 0 Å². The van der Waals surface area contributed by atoms with Crippen LogP contribution in [0.1, 0.15) is 32.8 Å². The minimum atomic E-state index is -4.47. The number of anilines is 2. The van der Waals surface area contributed by atoms with Gasteiger partial charge in [0, 0.05) is 18.5 Å². The van der Waals surface area contributed by atoms with E-state index < -0.39 is 23.2 Å². The second-order valence-corrected chi connectivity index (χ2v) is 5.31. The molecule has 1 heterocycles. The number of nitrogens with one attached hydrogen (secondary N) is 2. The molecule has 5 nitrogen and oxygen atoms in total. The molecule has 0 atom stereocenters. The zero-order valence-corrected chi connectivity index (χ0v) is 12.1. The highest BCUT2D eigenvalue weighted by molar-refractivity contribution is 5.75. The summed E-state index contributed by atoms with van der Waals surface area (Å²) in [6.45, 7) is 5.52. The van der Waals surface area contributed by atoms with Crippen LogP contribution in [0.15, 0.2) is 12.1 Å². The van der Waals surface area contributed by atoms with Crippen molar-refractivity contribution >= 4 is 17.5 Å². The van der Waals surface area contributed by atoms with Crippen molar-refractivity contribution in [1.82, 2.24) is 4.98 Å². The van der Waals surface area contributed by atoms with Gasteiger partial charge in [-0.25, -0.2) is 4.98 Å². The summed E-state index contributed by atoms with van der Waals surface area (Å²) in [6.07, 6.45) is -4.50. The smallest absolute Gasteiger partial charge is 0.370 e. The van der Waals surface area contributed by atoms with E-state index in [1.54, 1.807) is 20.8 Å². The lowest BCUT2D eigenvalue weighted by molar-refractivity contribution is -0.137. The molecule has 0 aliphatic rings. The number of pyridine rings is 1. The number of halogens is 3. The van der Waals surface area contributed by atoms with Gasteiger partial charge >= 0.3 is 6.18 Å². The summed E-state index contributed by atoms with van der Waals surface area (Å²) in [7, 11) is 0. The number of carbonyl (C=O) groups excluding carboxylic acids is 1. The van der Waals surface area contributed by atoms with Crippen molar-refractivity contribution in [2.24, 2.45) is 5.73 Å². The predicted octanol–water partition coefficient (Wildman–Crippen LogP) is 2.60. The van der Waals surface area contributed by atoms with Crippen LogP contribution in [0, 0.1) is 0 Å². The Labute approximate surface area is 121 Å². The molecule has 0 bridgehead atoms. The Morgan fingerprint density at radius 1 is 1.29 bits per heavy atom. The fourth-order valence-electron chi connectivity index (χ4n) is 1.86. The molecule has 0 fully saturated rings. The Morgan fingerprint density at radius 3 is 2.33 bits per heavy atom. The summed E-state index contributed by atoms with van der Waals surface area (Å²) >= 11 is 0. The van der Waals surface area contributed by atoms with Crippen molar-refractivity contribution in [2.45, 2.75) is 38.9 Å². The van der Waals surface area contributed by atoms with E-state index in [9.17, 15) is 18.0 Å². The number of amides is 1. The van der Waals surface area contributed by atoms with Gasteiger partial charge in [0.1, 0.15) is 11.6 Å². The summed E-state index contributed by atoms with van der Waals surface area (Å²) < 4.78 is 38.6. The van der Waals surface area contributed by atoms with Crippen LogP contribution in [-0.2, 0) is 11.0 Å². The first-order valence-electron chi connectivity index (χ1n) is 6.43. The standard InChI is InChI=1S/C13H19F3N4O/c1-4-18-10-5-8(13(14,15)16)6-11(19-10)20-12(2,3)7-9(17)21/h5-6H,4,7H2,1-3H3,(H2,17,21)(H2,18,19,20). The third-order valence-electron chi connectivity index (χ3n) is 2.59. The number of carbonyl (C=O) groups is 1. The second-order valence-electron chi connectivity index (χ2n) is 5.31. The van der Waals surface area contributed by atoms with E-state index >= 15 is 0 Å². The molecule has 0 aliphatic heterocycles. The van der Waals surface area contributed by atoms with Crippen molar-refractivity contribution in [1.29, 1.82) is 0 Å². The first-order chi connectivity index (χ1) is 9.53. The van der Waals surface area contributed by atoms with Crippen molar-refractivity contribution in [3.63, 3.8) is 0 Å². The molecule has 8 heteroatoms. The number of rotatable bonds is 6. The fraction of sp³-hybridized carbons (Fsp3) is 0.538. The monoisotopic (exact) mass is 304 g/mol. The van der Waals surface area contributed by atoms with Crippen LogP contribution >= 0.6 is 0 Å². The molecule has 0 aromatic carbocycles. The number of nitrogens with two attached hydrogens (primary N) is 1. The highest BCUT2D eigenvalue weighted by Crippen LogP contribution is 2.32. The van der Waals surface area contributed by atoms with Gasteiger partial charge in [-0.1, -0.05) is 0 Å². The largest absolute Gasteiger partial charge is 0.416 e. The molecule has 0 spiro atoms. The average molecular weight is 304 g/mol. The maximum Gasteiger partial charge on any atom is 0.416 e. The third kappa shape index (κ3) is 5.49.